The third-order valence-electron chi connectivity index (χ3n) is 5.22. The molecule has 2 heterocycles. The summed E-state index contributed by atoms with van der Waals surface area (Å²) in [6.07, 6.45) is 3.99. The van der Waals surface area contributed by atoms with Crippen molar-refractivity contribution in [3.63, 3.8) is 0 Å². The average Bonchev–Trinajstić information content (AvgIpc) is 3.36. The first-order chi connectivity index (χ1) is 12.6. The van der Waals surface area contributed by atoms with E-state index in [1.165, 1.54) is 0 Å². The Morgan fingerprint density at radius 1 is 1.33 bits per heavy atom. The van der Waals surface area contributed by atoms with Gasteiger partial charge >= 0.3 is 0 Å². The molecule has 1 saturated heterocycles. The van der Waals surface area contributed by atoms with Gasteiger partial charge in [0, 0.05) is 32.7 Å². The zero-order chi connectivity index (χ0) is 19.9. The number of anilines is 1. The third-order valence-corrected chi connectivity index (χ3v) is 6.45. The quantitative estimate of drug-likeness (QED) is 0.679. The van der Waals surface area contributed by atoms with E-state index in [9.17, 15) is 18.0 Å². The van der Waals surface area contributed by atoms with Gasteiger partial charge in [-0.1, -0.05) is 0 Å². The van der Waals surface area contributed by atoms with Gasteiger partial charge < -0.3 is 4.90 Å². The number of rotatable bonds is 6. The van der Waals surface area contributed by atoms with E-state index >= 15 is 0 Å². The maximum absolute atomic E-state index is 13.1. The minimum Gasteiger partial charge on any atom is -0.342 e. The van der Waals surface area contributed by atoms with Gasteiger partial charge in [0.25, 0.3) is 0 Å². The summed E-state index contributed by atoms with van der Waals surface area (Å²) in [5.41, 5.74) is 0.781. The topological polar surface area (TPSA) is 95.8 Å². The first-order valence-corrected chi connectivity index (χ1v) is 11.0. The van der Waals surface area contributed by atoms with Gasteiger partial charge in [-0.2, -0.15) is 9.40 Å². The van der Waals surface area contributed by atoms with Crippen molar-refractivity contribution in [1.82, 2.24) is 19.0 Å². The molecule has 0 bridgehead atoms. The first kappa shape index (κ1) is 19.8. The molecule has 1 aromatic rings. The Morgan fingerprint density at radius 3 is 2.52 bits per heavy atom. The van der Waals surface area contributed by atoms with Crippen LogP contribution in [0.5, 0.6) is 0 Å². The second-order valence-electron chi connectivity index (χ2n) is 7.46. The van der Waals surface area contributed by atoms with Crippen LogP contribution in [-0.4, -0.2) is 77.7 Å². The fraction of sp³-hybridized carbons (Fsp3) is 0.706. The third kappa shape index (κ3) is 4.16. The second kappa shape index (κ2) is 7.23. The summed E-state index contributed by atoms with van der Waals surface area (Å²) >= 11 is 0. The van der Waals surface area contributed by atoms with Crippen LogP contribution in [0, 0.1) is 6.92 Å². The van der Waals surface area contributed by atoms with Gasteiger partial charge in [-0.3, -0.25) is 19.2 Å². The average molecular weight is 398 g/mol. The molecule has 0 unspecified atom stereocenters. The lowest BCUT2D eigenvalue weighted by atomic mass is 10.0. The first-order valence-electron chi connectivity index (χ1n) is 9.14. The van der Waals surface area contributed by atoms with Gasteiger partial charge in [-0.25, -0.2) is 8.42 Å². The van der Waals surface area contributed by atoms with E-state index < -0.39 is 16.1 Å². The molecule has 9 nitrogen and oxygen atoms in total. The van der Waals surface area contributed by atoms with E-state index in [0.29, 0.717) is 25.2 Å². The number of carbonyl (C=O) groups excluding carboxylic acids is 2. The Bertz CT molecular complexity index is 846. The summed E-state index contributed by atoms with van der Waals surface area (Å²) in [6.45, 7) is 2.03. The summed E-state index contributed by atoms with van der Waals surface area (Å²) in [5.74, 6) is 0.0536. The summed E-state index contributed by atoms with van der Waals surface area (Å²) in [6, 6.07) is 1.12. The lowest BCUT2D eigenvalue weighted by Gasteiger charge is -2.37. The Hall–Kier alpha value is -1.94. The van der Waals surface area contributed by atoms with E-state index in [0.717, 1.165) is 29.1 Å². The van der Waals surface area contributed by atoms with Crippen LogP contribution < -0.4 is 4.90 Å². The molecule has 10 heteroatoms. The van der Waals surface area contributed by atoms with Crippen molar-refractivity contribution in [3.05, 3.63) is 11.8 Å². The van der Waals surface area contributed by atoms with Crippen molar-refractivity contribution in [3.8, 4) is 0 Å². The van der Waals surface area contributed by atoms with Gasteiger partial charge in [0.2, 0.25) is 21.8 Å². The number of hydrogen-bond acceptors (Lipinski definition) is 5. The van der Waals surface area contributed by atoms with Crippen LogP contribution in [-0.2, 0) is 26.7 Å². The highest BCUT2D eigenvalue weighted by Crippen LogP contribution is 2.28. The number of hydrogen-bond donors (Lipinski definition) is 0. The molecule has 1 aliphatic carbocycles. The molecule has 0 aromatic carbocycles. The molecular weight excluding hydrogens is 370 g/mol. The Morgan fingerprint density at radius 2 is 2.00 bits per heavy atom. The van der Waals surface area contributed by atoms with E-state index in [1.54, 1.807) is 34.6 Å². The highest BCUT2D eigenvalue weighted by atomic mass is 32.2. The number of aryl methyl sites for hydroxylation is 2. The SMILES string of the molecule is Cc1cc(N2CCC[C@@H](N(CC(=O)N(C)C3CC3)S(C)(=O)=O)C2=O)n(C)n1. The highest BCUT2D eigenvalue weighted by Gasteiger charge is 2.41. The monoisotopic (exact) mass is 397 g/mol. The summed E-state index contributed by atoms with van der Waals surface area (Å²) < 4.78 is 27.5. The highest BCUT2D eigenvalue weighted by molar-refractivity contribution is 7.88. The van der Waals surface area contributed by atoms with Crippen LogP contribution in [0.1, 0.15) is 31.4 Å². The predicted octanol–water partition coefficient (Wildman–Crippen LogP) is 0.106. The van der Waals surface area contributed by atoms with Gasteiger partial charge in [0.1, 0.15) is 11.9 Å². The predicted molar refractivity (Wildman–Crippen MR) is 101 cm³/mol. The number of piperidine rings is 1. The largest absolute Gasteiger partial charge is 0.342 e. The van der Waals surface area contributed by atoms with Crippen LogP contribution >= 0.6 is 0 Å². The van der Waals surface area contributed by atoms with Crippen LogP contribution in [0.25, 0.3) is 0 Å². The fourth-order valence-corrected chi connectivity index (χ4v) is 4.57. The standard InChI is InChI=1S/C17H27N5O4S/c1-12-10-15(20(3)18-12)21-9-5-6-14(17(21)24)22(27(4,25)26)11-16(23)19(2)13-7-8-13/h10,13-14H,5-9,11H2,1-4H3/t14-/m1/s1. The molecule has 150 valence electrons. The molecule has 27 heavy (non-hydrogen) atoms. The minimum atomic E-state index is -3.73. The molecule has 1 saturated carbocycles. The molecule has 0 radical (unpaired) electrons. The number of amides is 2. The molecule has 2 fully saturated rings. The Kier molecular flexibility index (Phi) is 5.31. The lowest BCUT2D eigenvalue weighted by molar-refractivity contribution is -0.132. The number of sulfonamides is 1. The van der Waals surface area contributed by atoms with Crippen LogP contribution in [0.2, 0.25) is 0 Å². The molecular formula is C17H27N5O4S. The van der Waals surface area contributed by atoms with Crippen molar-refractivity contribution in [2.75, 3.05) is 31.3 Å². The summed E-state index contributed by atoms with van der Waals surface area (Å²) in [7, 11) is -0.286. The summed E-state index contributed by atoms with van der Waals surface area (Å²) in [4.78, 5) is 28.8. The second-order valence-corrected chi connectivity index (χ2v) is 9.39. The molecule has 3 rings (SSSR count). The van der Waals surface area contributed by atoms with E-state index in [4.69, 9.17) is 0 Å². The minimum absolute atomic E-state index is 0.190. The van der Waals surface area contributed by atoms with Crippen molar-refractivity contribution in [2.45, 2.75) is 44.7 Å². The van der Waals surface area contributed by atoms with Gasteiger partial charge in [0.15, 0.2) is 0 Å². The van der Waals surface area contributed by atoms with E-state index in [1.807, 2.05) is 6.92 Å². The lowest BCUT2D eigenvalue weighted by Crippen LogP contribution is -2.56. The Labute approximate surface area is 159 Å². The molecule has 2 aliphatic rings. The van der Waals surface area contributed by atoms with Crippen molar-refractivity contribution in [2.24, 2.45) is 7.05 Å². The molecule has 0 spiro atoms. The molecule has 1 aromatic heterocycles. The zero-order valence-corrected chi connectivity index (χ0v) is 17.1. The van der Waals surface area contributed by atoms with Crippen molar-refractivity contribution < 1.29 is 18.0 Å². The zero-order valence-electron chi connectivity index (χ0n) is 16.3. The molecule has 0 N–H and O–H groups in total. The van der Waals surface area contributed by atoms with Crippen LogP contribution in [0.4, 0.5) is 5.82 Å². The van der Waals surface area contributed by atoms with Gasteiger partial charge in [0.05, 0.1) is 18.5 Å². The van der Waals surface area contributed by atoms with Crippen LogP contribution in [0.15, 0.2) is 6.07 Å². The number of nitrogens with zero attached hydrogens (tertiary/aromatic N) is 5. The van der Waals surface area contributed by atoms with E-state index in [2.05, 4.69) is 5.10 Å². The van der Waals surface area contributed by atoms with Gasteiger partial charge in [-0.05, 0) is 32.6 Å². The van der Waals surface area contributed by atoms with Crippen molar-refractivity contribution >= 4 is 27.7 Å². The smallest absolute Gasteiger partial charge is 0.246 e. The maximum atomic E-state index is 13.1. The molecule has 2 amide bonds. The molecule has 1 atom stereocenters. The number of aromatic nitrogens is 2. The van der Waals surface area contributed by atoms with Gasteiger partial charge in [-0.15, -0.1) is 0 Å². The Balaban J connectivity index is 1.84. The fourth-order valence-electron chi connectivity index (χ4n) is 3.57. The maximum Gasteiger partial charge on any atom is 0.246 e. The van der Waals surface area contributed by atoms with Crippen LogP contribution in [0.3, 0.4) is 0 Å². The normalized spacial score (nSPS) is 21.0. The van der Waals surface area contributed by atoms with Crippen molar-refractivity contribution in [1.29, 1.82) is 0 Å². The van der Waals surface area contributed by atoms with E-state index in [-0.39, 0.29) is 24.4 Å². The molecule has 1 aliphatic heterocycles. The number of likely N-dealkylation sites (N-methyl/N-ethyl adjacent to an activating group) is 1. The number of carbonyl (C=O) groups is 2. The summed E-state index contributed by atoms with van der Waals surface area (Å²) in [5, 5.41) is 4.27.